The van der Waals surface area contributed by atoms with Crippen LogP contribution in [0.1, 0.15) is 18.5 Å². The molecule has 0 aliphatic rings. The van der Waals surface area contributed by atoms with Crippen LogP contribution in [-0.2, 0) is 0 Å². The minimum atomic E-state index is 0.223. The third kappa shape index (κ3) is 3.26. The molecule has 0 aliphatic heterocycles. The van der Waals surface area contributed by atoms with Gasteiger partial charge in [-0.1, -0.05) is 27.9 Å². The Morgan fingerprint density at radius 2 is 2.33 bits per heavy atom. The van der Waals surface area contributed by atoms with Crippen LogP contribution in [0.5, 0.6) is 5.75 Å². The number of hydrogen-bond acceptors (Lipinski definition) is 2. The van der Waals surface area contributed by atoms with Crippen molar-refractivity contribution in [3.05, 3.63) is 28.2 Å². The van der Waals surface area contributed by atoms with Crippen LogP contribution in [0.15, 0.2) is 22.7 Å². The van der Waals surface area contributed by atoms with Crippen molar-refractivity contribution in [1.82, 2.24) is 5.32 Å². The standard InChI is InChI=1S/C12H14BrNO/c1-4-7-14-9(2)11-6-5-10(15-3)8-12(11)13/h1,5-6,8-9,14H,7H2,2-3H3. The molecule has 1 unspecified atom stereocenters. The second-order valence-corrected chi connectivity index (χ2v) is 4.05. The zero-order valence-corrected chi connectivity index (χ0v) is 10.5. The minimum absolute atomic E-state index is 0.223. The highest BCUT2D eigenvalue weighted by Crippen LogP contribution is 2.27. The van der Waals surface area contributed by atoms with Crippen molar-refractivity contribution in [3.63, 3.8) is 0 Å². The number of nitrogens with one attached hydrogen (secondary N) is 1. The average molecular weight is 268 g/mol. The van der Waals surface area contributed by atoms with Crippen molar-refractivity contribution in [1.29, 1.82) is 0 Å². The van der Waals surface area contributed by atoms with Crippen LogP contribution < -0.4 is 10.1 Å². The van der Waals surface area contributed by atoms with Crippen LogP contribution in [0.2, 0.25) is 0 Å². The van der Waals surface area contributed by atoms with Crippen molar-refractivity contribution in [2.75, 3.05) is 13.7 Å². The van der Waals surface area contributed by atoms with E-state index in [-0.39, 0.29) is 6.04 Å². The first-order chi connectivity index (χ1) is 7.19. The van der Waals surface area contributed by atoms with Crippen LogP contribution in [0.25, 0.3) is 0 Å². The Morgan fingerprint density at radius 3 is 2.87 bits per heavy atom. The van der Waals surface area contributed by atoms with Crippen molar-refractivity contribution in [2.24, 2.45) is 0 Å². The Kier molecular flexibility index (Phi) is 4.67. The van der Waals surface area contributed by atoms with E-state index in [1.807, 2.05) is 18.2 Å². The highest BCUT2D eigenvalue weighted by molar-refractivity contribution is 9.10. The molecule has 1 aromatic rings. The number of hydrogen-bond donors (Lipinski definition) is 1. The molecule has 0 radical (unpaired) electrons. The molecule has 1 N–H and O–H groups in total. The second kappa shape index (κ2) is 5.79. The minimum Gasteiger partial charge on any atom is -0.497 e. The molecule has 0 saturated carbocycles. The van der Waals surface area contributed by atoms with Gasteiger partial charge in [-0.05, 0) is 24.6 Å². The summed E-state index contributed by atoms with van der Waals surface area (Å²) in [5.74, 6) is 3.40. The maximum atomic E-state index is 5.19. The van der Waals surface area contributed by atoms with Gasteiger partial charge in [-0.3, -0.25) is 5.32 Å². The van der Waals surface area contributed by atoms with Crippen LogP contribution in [0.4, 0.5) is 0 Å². The van der Waals surface area contributed by atoms with Gasteiger partial charge >= 0.3 is 0 Å². The molecule has 15 heavy (non-hydrogen) atoms. The molecule has 0 saturated heterocycles. The zero-order chi connectivity index (χ0) is 11.3. The van der Waals surface area contributed by atoms with Crippen molar-refractivity contribution in [2.45, 2.75) is 13.0 Å². The van der Waals surface area contributed by atoms with Gasteiger partial charge in [0.25, 0.3) is 0 Å². The Labute approximate surface area is 99.2 Å². The lowest BCUT2D eigenvalue weighted by Crippen LogP contribution is -2.18. The van der Waals surface area contributed by atoms with E-state index in [9.17, 15) is 0 Å². The van der Waals surface area contributed by atoms with E-state index in [1.165, 1.54) is 5.56 Å². The summed E-state index contributed by atoms with van der Waals surface area (Å²) in [5, 5.41) is 3.22. The third-order valence-electron chi connectivity index (χ3n) is 2.18. The van der Waals surface area contributed by atoms with Crippen LogP contribution >= 0.6 is 15.9 Å². The summed E-state index contributed by atoms with van der Waals surface area (Å²) in [5.41, 5.74) is 1.17. The number of halogens is 1. The highest BCUT2D eigenvalue weighted by Gasteiger charge is 2.08. The summed E-state index contributed by atoms with van der Waals surface area (Å²) >= 11 is 3.51. The molecule has 3 heteroatoms. The largest absolute Gasteiger partial charge is 0.497 e. The molecule has 1 atom stereocenters. The van der Waals surface area contributed by atoms with E-state index in [0.29, 0.717) is 6.54 Å². The third-order valence-corrected chi connectivity index (χ3v) is 2.87. The van der Waals surface area contributed by atoms with E-state index in [4.69, 9.17) is 11.2 Å². The first kappa shape index (κ1) is 12.1. The van der Waals surface area contributed by atoms with Crippen LogP contribution in [0.3, 0.4) is 0 Å². The molecule has 2 nitrogen and oxygen atoms in total. The molecule has 0 aliphatic carbocycles. The molecule has 0 spiro atoms. The van der Waals surface area contributed by atoms with Gasteiger partial charge in [0, 0.05) is 10.5 Å². The first-order valence-corrected chi connectivity index (χ1v) is 5.48. The fourth-order valence-electron chi connectivity index (χ4n) is 1.31. The maximum Gasteiger partial charge on any atom is 0.120 e. The summed E-state index contributed by atoms with van der Waals surface area (Å²) in [7, 11) is 1.65. The fraction of sp³-hybridized carbons (Fsp3) is 0.333. The molecule has 0 amide bonds. The Bertz CT molecular complexity index is 370. The maximum absolute atomic E-state index is 5.19. The van der Waals surface area contributed by atoms with Gasteiger partial charge < -0.3 is 4.74 Å². The number of rotatable bonds is 4. The quantitative estimate of drug-likeness (QED) is 0.848. The second-order valence-electron chi connectivity index (χ2n) is 3.19. The summed E-state index contributed by atoms with van der Waals surface area (Å²) in [6.07, 6.45) is 5.19. The SMILES string of the molecule is C#CCNC(C)c1ccc(OC)cc1Br. The van der Waals surface area contributed by atoms with Gasteiger partial charge in [-0.2, -0.15) is 0 Å². The monoisotopic (exact) mass is 267 g/mol. The van der Waals surface area contributed by atoms with E-state index < -0.39 is 0 Å². The summed E-state index contributed by atoms with van der Waals surface area (Å²) in [6, 6.07) is 6.13. The van der Waals surface area contributed by atoms with E-state index in [1.54, 1.807) is 7.11 Å². The normalized spacial score (nSPS) is 11.9. The predicted molar refractivity (Wildman–Crippen MR) is 65.9 cm³/mol. The Balaban J connectivity index is 2.81. The molecular weight excluding hydrogens is 254 g/mol. The van der Waals surface area contributed by atoms with Crippen LogP contribution in [-0.4, -0.2) is 13.7 Å². The number of ether oxygens (including phenoxy) is 1. The summed E-state index contributed by atoms with van der Waals surface area (Å²) in [4.78, 5) is 0. The molecule has 0 fully saturated rings. The Morgan fingerprint density at radius 1 is 1.60 bits per heavy atom. The van der Waals surface area contributed by atoms with Gasteiger partial charge in [-0.15, -0.1) is 6.42 Å². The fourth-order valence-corrected chi connectivity index (χ4v) is 2.01. The first-order valence-electron chi connectivity index (χ1n) is 4.69. The summed E-state index contributed by atoms with van der Waals surface area (Å²) in [6.45, 7) is 2.64. The Hall–Kier alpha value is -0.980. The molecule has 0 aromatic heterocycles. The topological polar surface area (TPSA) is 21.3 Å². The van der Waals surface area contributed by atoms with Gasteiger partial charge in [0.1, 0.15) is 5.75 Å². The van der Waals surface area contributed by atoms with Crippen LogP contribution in [0, 0.1) is 12.3 Å². The average Bonchev–Trinajstić information content (AvgIpc) is 2.25. The molecule has 0 heterocycles. The van der Waals surface area contributed by atoms with Gasteiger partial charge in [0.05, 0.1) is 13.7 Å². The van der Waals surface area contributed by atoms with E-state index >= 15 is 0 Å². The highest BCUT2D eigenvalue weighted by atomic mass is 79.9. The van der Waals surface area contributed by atoms with E-state index in [2.05, 4.69) is 34.1 Å². The van der Waals surface area contributed by atoms with E-state index in [0.717, 1.165) is 10.2 Å². The smallest absolute Gasteiger partial charge is 0.120 e. The van der Waals surface area contributed by atoms with Gasteiger partial charge in [0.15, 0.2) is 0 Å². The predicted octanol–water partition coefficient (Wildman–Crippen LogP) is 2.74. The zero-order valence-electron chi connectivity index (χ0n) is 8.88. The van der Waals surface area contributed by atoms with Gasteiger partial charge in [-0.25, -0.2) is 0 Å². The van der Waals surface area contributed by atoms with Crippen molar-refractivity contribution < 1.29 is 4.74 Å². The molecule has 1 rings (SSSR count). The molecular formula is C12H14BrNO. The number of benzene rings is 1. The summed E-state index contributed by atoms with van der Waals surface area (Å²) < 4.78 is 6.15. The number of terminal acetylenes is 1. The lowest BCUT2D eigenvalue weighted by atomic mass is 10.1. The van der Waals surface area contributed by atoms with Gasteiger partial charge in [0.2, 0.25) is 0 Å². The molecule has 0 bridgehead atoms. The number of methoxy groups -OCH3 is 1. The lowest BCUT2D eigenvalue weighted by Gasteiger charge is -2.14. The molecule has 80 valence electrons. The molecule has 1 aromatic carbocycles. The lowest BCUT2D eigenvalue weighted by molar-refractivity contribution is 0.414. The van der Waals surface area contributed by atoms with Crippen molar-refractivity contribution in [3.8, 4) is 18.1 Å². The van der Waals surface area contributed by atoms with Crippen molar-refractivity contribution >= 4 is 15.9 Å².